The third kappa shape index (κ3) is 26.8. The van der Waals surface area contributed by atoms with Crippen LogP contribution in [-0.4, -0.2) is 211 Å². The highest BCUT2D eigenvalue weighted by Crippen LogP contribution is 2.31. The SMILES string of the molecule is CC[C@H](C)[C@@H]([C@@H](CC(=O)N1CCC[C@H]1[C@H](OC)[C@@H](C)C(=O)N[C@H](C)[C@@H](O)c1ccccc1)OC)N(C)C(=O)[C@@H](NC(=O)[C@H](C(C)C)N(C)C(=O)CCCNC(=O)OCc1ccc(NC(=O)[C@H](CCCNC(N)=O)NC(=O)[C@@H](N[C@@H](CCCCCN2C(=O)C=CC2=O)C(F)(F)F)C(C)C)cc1)C(C)C. The zero-order chi connectivity index (χ0) is 77.0. The van der Waals surface area contributed by atoms with Gasteiger partial charge in [-0.3, -0.25) is 53.4 Å². The van der Waals surface area contributed by atoms with E-state index in [1.54, 1.807) is 96.5 Å². The Morgan fingerprint density at radius 1 is 0.709 bits per heavy atom. The minimum absolute atomic E-state index is 0.0237. The molecule has 0 aliphatic carbocycles. The molecule has 12 amide bonds. The molecule has 27 nitrogen and oxygen atoms in total. The molecule has 2 heterocycles. The number of anilines is 1. The van der Waals surface area contributed by atoms with E-state index in [1.807, 2.05) is 32.0 Å². The fraction of sp³-hybridized carbons (Fsp3) is 0.658. The summed E-state index contributed by atoms with van der Waals surface area (Å²) in [5.74, 6) is -6.88. The molecule has 0 bridgehead atoms. The number of alkyl halides is 3. The summed E-state index contributed by atoms with van der Waals surface area (Å²) in [5, 5.41) is 29.6. The molecule has 0 saturated carbocycles. The number of likely N-dealkylation sites (N-methyl/N-ethyl adjacent to an activating group) is 2. The Bertz CT molecular complexity index is 3130. The lowest BCUT2D eigenvalue weighted by Gasteiger charge is -2.41. The van der Waals surface area contributed by atoms with Crippen molar-refractivity contribution in [1.29, 1.82) is 0 Å². The molecule has 2 aromatic rings. The molecule has 103 heavy (non-hydrogen) atoms. The van der Waals surface area contributed by atoms with Crippen LogP contribution in [0.2, 0.25) is 0 Å². The third-order valence-corrected chi connectivity index (χ3v) is 19.2. The van der Waals surface area contributed by atoms with Crippen LogP contribution < -0.4 is 43.0 Å². The number of hydrogen-bond acceptors (Lipinski definition) is 16. The third-order valence-electron chi connectivity index (χ3n) is 19.2. The van der Waals surface area contributed by atoms with Crippen LogP contribution in [0.3, 0.4) is 0 Å². The average molecular weight is 1460 g/mol. The van der Waals surface area contributed by atoms with Gasteiger partial charge in [0.2, 0.25) is 41.4 Å². The molecule has 1 saturated heterocycles. The van der Waals surface area contributed by atoms with Crippen molar-refractivity contribution in [3.63, 3.8) is 0 Å². The van der Waals surface area contributed by atoms with E-state index >= 15 is 0 Å². The number of carbonyl (C=O) groups is 11. The van der Waals surface area contributed by atoms with E-state index in [4.69, 9.17) is 19.9 Å². The molecule has 576 valence electrons. The van der Waals surface area contributed by atoms with Crippen LogP contribution in [0.4, 0.5) is 28.4 Å². The van der Waals surface area contributed by atoms with E-state index < -0.39 is 156 Å². The van der Waals surface area contributed by atoms with E-state index in [0.29, 0.717) is 36.9 Å². The largest absolute Gasteiger partial charge is 0.445 e. The molecule has 0 spiro atoms. The number of aliphatic hydroxyl groups is 1. The Labute approximate surface area is 604 Å². The van der Waals surface area contributed by atoms with E-state index in [1.165, 1.54) is 38.3 Å². The molecule has 4 rings (SSSR count). The summed E-state index contributed by atoms with van der Waals surface area (Å²) in [6.07, 6.45) is -3.53. The number of nitrogens with two attached hydrogens (primary N) is 1. The molecule has 1 fully saturated rings. The summed E-state index contributed by atoms with van der Waals surface area (Å²) in [6, 6.07) is 5.81. The maximum absolute atomic E-state index is 14.8. The lowest BCUT2D eigenvalue weighted by Crippen LogP contribution is -2.60. The molecule has 0 aromatic heterocycles. The van der Waals surface area contributed by atoms with Gasteiger partial charge in [-0.05, 0) is 98.8 Å². The number of unbranched alkanes of at least 4 members (excludes halogenated alkanes) is 2. The van der Waals surface area contributed by atoms with Gasteiger partial charge in [0.05, 0.1) is 54.8 Å². The van der Waals surface area contributed by atoms with Crippen molar-refractivity contribution < 1.29 is 85.2 Å². The van der Waals surface area contributed by atoms with Gasteiger partial charge >= 0.3 is 18.3 Å². The number of halogens is 3. The first kappa shape index (κ1) is 87.2. The maximum Gasteiger partial charge on any atom is 0.407 e. The molecule has 0 unspecified atom stereocenters. The molecule has 30 heteroatoms. The minimum Gasteiger partial charge on any atom is -0.445 e. The number of primary amides is 1. The summed E-state index contributed by atoms with van der Waals surface area (Å²) < 4.78 is 60.6. The number of nitrogens with one attached hydrogen (secondary N) is 7. The average Bonchev–Trinajstić information content (AvgIpc) is 1.80. The number of methoxy groups -OCH3 is 2. The van der Waals surface area contributed by atoms with E-state index in [0.717, 1.165) is 17.1 Å². The second-order valence-corrected chi connectivity index (χ2v) is 27.9. The van der Waals surface area contributed by atoms with Crippen LogP contribution in [0.25, 0.3) is 0 Å². The monoisotopic (exact) mass is 1450 g/mol. The Balaban J connectivity index is 1.30. The van der Waals surface area contributed by atoms with Crippen LogP contribution in [-0.2, 0) is 64.0 Å². The number of carbonyl (C=O) groups excluding carboxylic acids is 11. The number of aliphatic hydroxyl groups excluding tert-OH is 1. The number of alkyl carbamates (subject to hydrolysis) is 1. The van der Waals surface area contributed by atoms with Gasteiger partial charge < -0.3 is 71.7 Å². The first-order chi connectivity index (χ1) is 48.6. The van der Waals surface area contributed by atoms with Gasteiger partial charge in [-0.15, -0.1) is 0 Å². The number of rotatable bonds is 43. The van der Waals surface area contributed by atoms with Crippen LogP contribution >= 0.6 is 0 Å². The number of urea groups is 1. The van der Waals surface area contributed by atoms with Crippen LogP contribution in [0.1, 0.15) is 164 Å². The van der Waals surface area contributed by atoms with Crippen LogP contribution in [0.15, 0.2) is 66.7 Å². The Hall–Kier alpha value is -8.22. The quantitative estimate of drug-likeness (QED) is 0.0257. The summed E-state index contributed by atoms with van der Waals surface area (Å²) in [5.41, 5.74) is 6.62. The summed E-state index contributed by atoms with van der Waals surface area (Å²) in [4.78, 5) is 152. The van der Waals surface area contributed by atoms with Crippen molar-refractivity contribution in [2.24, 2.45) is 35.3 Å². The lowest BCUT2D eigenvalue weighted by atomic mass is 9.89. The highest BCUT2D eigenvalue weighted by molar-refractivity contribution is 6.12. The topological polar surface area (TPSA) is 359 Å². The molecule has 13 atom stereocenters. The number of amides is 12. The predicted molar refractivity (Wildman–Crippen MR) is 380 cm³/mol. The second-order valence-electron chi connectivity index (χ2n) is 27.9. The lowest BCUT2D eigenvalue weighted by molar-refractivity contribution is -0.161. The first-order valence-corrected chi connectivity index (χ1v) is 35.8. The van der Waals surface area contributed by atoms with Crippen LogP contribution in [0, 0.1) is 29.6 Å². The van der Waals surface area contributed by atoms with E-state index in [-0.39, 0.29) is 101 Å². The Morgan fingerprint density at radius 3 is 1.91 bits per heavy atom. The zero-order valence-electron chi connectivity index (χ0n) is 62.3. The molecule has 2 aliphatic heterocycles. The molecular weight excluding hydrogens is 1340 g/mol. The minimum atomic E-state index is -4.76. The zero-order valence-corrected chi connectivity index (χ0v) is 62.3. The number of likely N-dealkylation sites (tertiary alicyclic amines) is 1. The van der Waals surface area contributed by atoms with Crippen molar-refractivity contribution in [2.45, 2.75) is 226 Å². The number of hydrogen-bond donors (Lipinski definition) is 9. The molecule has 2 aliphatic rings. The Morgan fingerprint density at radius 2 is 1.34 bits per heavy atom. The summed E-state index contributed by atoms with van der Waals surface area (Å²) in [6.45, 7) is 18.0. The maximum atomic E-state index is 14.8. The van der Waals surface area contributed by atoms with Gasteiger partial charge in [-0.2, -0.15) is 13.2 Å². The van der Waals surface area contributed by atoms with Crippen molar-refractivity contribution >= 4 is 71.0 Å². The van der Waals surface area contributed by atoms with Gasteiger partial charge in [0, 0.05) is 78.8 Å². The highest BCUT2D eigenvalue weighted by atomic mass is 19.4. The van der Waals surface area contributed by atoms with Crippen LogP contribution in [0.5, 0.6) is 0 Å². The number of nitrogens with zero attached hydrogens (tertiary/aromatic N) is 4. The molecule has 2 aromatic carbocycles. The van der Waals surface area contributed by atoms with Crippen molar-refractivity contribution in [3.05, 3.63) is 77.9 Å². The first-order valence-electron chi connectivity index (χ1n) is 35.8. The van der Waals surface area contributed by atoms with Gasteiger partial charge in [0.15, 0.2) is 0 Å². The number of ether oxygens (including phenoxy) is 3. The summed E-state index contributed by atoms with van der Waals surface area (Å²) in [7, 11) is 6.13. The molecular formula is C73H113F3N12O15. The standard InChI is InChI=1S/C73H113F3N12O15/c1-15-46(8)63(54(101-13)41-59(92)87-40-24-28-53(87)65(102-14)47(9)66(94)80-48(10)64(93)50-25-18-16-19-26-50)86(12)70(98)61(44(4)5)84-69(97)62(45(6)7)85(11)56(89)30-23-38-79-72(100)103-42-49-31-33-51(34-32-49)81-67(95)52(27-22-37-78-71(77)99)82-68(96)60(43(2)3)83-55(73(74,75)76)29-20-17-21-39-88-57(90)35-36-58(88)91/h16,18-19,25-26,31-36,43-48,52-55,60-65,83,93H,15,17,20-24,27-30,37-42H2,1-14H3,(H,79,100)(H,80,94)(H,81,95)(H,82,96)(H,84,97)(H3,77,78,99)/t46-,47+,48+,52-,53-,54+,55-,60-,61-,62-,63-,64+,65+/m0/s1. The normalized spacial score (nSPS) is 17.4. The predicted octanol–water partition coefficient (Wildman–Crippen LogP) is 6.38. The smallest absolute Gasteiger partial charge is 0.407 e. The van der Waals surface area contributed by atoms with Gasteiger partial charge in [0.25, 0.3) is 11.8 Å². The number of benzene rings is 2. The van der Waals surface area contributed by atoms with Gasteiger partial charge in [0.1, 0.15) is 30.8 Å². The van der Waals surface area contributed by atoms with Gasteiger partial charge in [-0.25, -0.2) is 9.59 Å². The highest BCUT2D eigenvalue weighted by Gasteiger charge is 2.45. The van der Waals surface area contributed by atoms with E-state index in [2.05, 4.69) is 37.2 Å². The van der Waals surface area contributed by atoms with E-state index in [9.17, 15) is 71.0 Å². The molecule has 0 radical (unpaired) electrons. The summed E-state index contributed by atoms with van der Waals surface area (Å²) >= 11 is 0. The van der Waals surface area contributed by atoms with Gasteiger partial charge in [-0.1, -0.05) is 124 Å². The van der Waals surface area contributed by atoms with Crippen molar-refractivity contribution in [3.8, 4) is 0 Å². The number of imide groups is 1. The Kier molecular flexibility index (Phi) is 36.0. The second kappa shape index (κ2) is 42.5. The fourth-order valence-electron chi connectivity index (χ4n) is 13.1. The van der Waals surface area contributed by atoms with Crippen molar-refractivity contribution in [2.75, 3.05) is 59.8 Å². The van der Waals surface area contributed by atoms with Crippen molar-refractivity contribution in [1.82, 2.24) is 51.5 Å². The fourth-order valence-corrected chi connectivity index (χ4v) is 13.1. The molecule has 10 N–H and O–H groups in total.